The van der Waals surface area contributed by atoms with Crippen molar-refractivity contribution in [2.45, 2.75) is 25.8 Å². The van der Waals surface area contributed by atoms with Crippen molar-refractivity contribution >= 4 is 46.7 Å². The van der Waals surface area contributed by atoms with E-state index < -0.39 is 18.5 Å². The van der Waals surface area contributed by atoms with E-state index in [0.717, 1.165) is 0 Å². The van der Waals surface area contributed by atoms with E-state index in [0.29, 0.717) is 15.6 Å². The minimum Gasteiger partial charge on any atom is -0.451 e. The molecular weight excluding hydrogens is 357 g/mol. The van der Waals surface area contributed by atoms with Crippen LogP contribution < -0.4 is 10.7 Å². The first-order valence-corrected chi connectivity index (χ1v) is 7.89. The van der Waals surface area contributed by atoms with Crippen LogP contribution >= 0.6 is 23.2 Å². The summed E-state index contributed by atoms with van der Waals surface area (Å²) in [5.41, 5.74) is 2.96. The molecule has 7 nitrogen and oxygen atoms in total. The van der Waals surface area contributed by atoms with Gasteiger partial charge in [0, 0.05) is 22.9 Å². The fraction of sp³-hybridized carbons (Fsp3) is 0.333. The van der Waals surface area contributed by atoms with E-state index in [4.69, 9.17) is 27.9 Å². The van der Waals surface area contributed by atoms with Crippen molar-refractivity contribution in [1.82, 2.24) is 10.7 Å². The lowest BCUT2D eigenvalue weighted by atomic mass is 10.1. The summed E-state index contributed by atoms with van der Waals surface area (Å²) in [7, 11) is 0. The molecule has 0 aliphatic carbocycles. The Morgan fingerprint density at radius 1 is 1.38 bits per heavy atom. The Bertz CT molecular complexity index is 706. The second-order valence-electron chi connectivity index (χ2n) is 5.12. The Morgan fingerprint density at radius 3 is 2.75 bits per heavy atom. The van der Waals surface area contributed by atoms with Gasteiger partial charge in [-0.1, -0.05) is 29.3 Å². The minimum absolute atomic E-state index is 0.0798. The fourth-order valence-electron chi connectivity index (χ4n) is 2.05. The van der Waals surface area contributed by atoms with Gasteiger partial charge in [0.1, 0.15) is 5.71 Å². The van der Waals surface area contributed by atoms with Crippen LogP contribution in [-0.4, -0.2) is 30.1 Å². The molecule has 1 aliphatic heterocycles. The van der Waals surface area contributed by atoms with Crippen LogP contribution in [0.4, 0.5) is 0 Å². The van der Waals surface area contributed by atoms with Gasteiger partial charge in [-0.05, 0) is 24.6 Å². The van der Waals surface area contributed by atoms with Crippen molar-refractivity contribution in [3.05, 3.63) is 33.8 Å². The molecule has 0 saturated carbocycles. The average molecular weight is 372 g/mol. The molecular formula is C15H15Cl2N3O4. The van der Waals surface area contributed by atoms with Gasteiger partial charge in [-0.2, -0.15) is 5.10 Å². The predicted octanol–water partition coefficient (Wildman–Crippen LogP) is 1.98. The van der Waals surface area contributed by atoms with E-state index in [2.05, 4.69) is 15.8 Å². The number of nitrogens with one attached hydrogen (secondary N) is 2. The van der Waals surface area contributed by atoms with E-state index in [9.17, 15) is 14.4 Å². The predicted molar refractivity (Wildman–Crippen MR) is 88.8 cm³/mol. The Hall–Kier alpha value is -2.12. The number of rotatable bonds is 5. The standard InChI is InChI=1S/C15H15Cl2N3O4/c1-8(10-3-2-9(16)6-11(10)17)18-14(22)7-24-15(23)12-4-5-13(21)20-19-12/h2-3,6,8H,4-5,7H2,1H3,(H,18,22)(H,20,21)/t8-/m0/s1. The summed E-state index contributed by atoms with van der Waals surface area (Å²) < 4.78 is 4.88. The molecule has 0 aromatic heterocycles. The van der Waals surface area contributed by atoms with Crippen molar-refractivity contribution in [3.63, 3.8) is 0 Å². The SMILES string of the molecule is C[C@H](NC(=O)COC(=O)C1=NNC(=O)CC1)c1ccc(Cl)cc1Cl. The van der Waals surface area contributed by atoms with Crippen molar-refractivity contribution in [2.24, 2.45) is 5.10 Å². The molecule has 0 unspecified atom stereocenters. The Balaban J connectivity index is 1.84. The summed E-state index contributed by atoms with van der Waals surface area (Å²) >= 11 is 11.9. The first-order valence-electron chi connectivity index (χ1n) is 7.13. The van der Waals surface area contributed by atoms with E-state index in [1.807, 2.05) is 0 Å². The summed E-state index contributed by atoms with van der Waals surface area (Å²) in [5, 5.41) is 7.19. The summed E-state index contributed by atoms with van der Waals surface area (Å²) in [6.07, 6.45) is 0.343. The van der Waals surface area contributed by atoms with Gasteiger partial charge in [0.15, 0.2) is 6.61 Å². The summed E-state index contributed by atoms with van der Waals surface area (Å²) in [6.45, 7) is 1.29. The van der Waals surface area contributed by atoms with E-state index in [1.54, 1.807) is 25.1 Å². The van der Waals surface area contributed by atoms with Crippen molar-refractivity contribution in [3.8, 4) is 0 Å². The molecule has 0 bridgehead atoms. The number of ether oxygens (including phenoxy) is 1. The molecule has 2 amide bonds. The average Bonchev–Trinajstić information content (AvgIpc) is 2.53. The maximum atomic E-state index is 11.9. The molecule has 1 aromatic rings. The number of nitrogens with zero attached hydrogens (tertiary/aromatic N) is 1. The quantitative estimate of drug-likeness (QED) is 0.773. The zero-order valence-corrected chi connectivity index (χ0v) is 14.3. The molecule has 1 aliphatic rings. The molecule has 9 heteroatoms. The topological polar surface area (TPSA) is 96.9 Å². The number of hydrogen-bond donors (Lipinski definition) is 2. The Morgan fingerprint density at radius 2 is 2.12 bits per heavy atom. The van der Waals surface area contributed by atoms with Gasteiger partial charge in [0.2, 0.25) is 5.91 Å². The van der Waals surface area contributed by atoms with Crippen LogP contribution in [0.15, 0.2) is 23.3 Å². The third-order valence-corrected chi connectivity index (χ3v) is 3.84. The largest absolute Gasteiger partial charge is 0.451 e. The van der Waals surface area contributed by atoms with Gasteiger partial charge in [-0.3, -0.25) is 9.59 Å². The lowest BCUT2D eigenvalue weighted by Gasteiger charge is -2.16. The maximum absolute atomic E-state index is 11.9. The first-order chi connectivity index (χ1) is 11.4. The highest BCUT2D eigenvalue weighted by atomic mass is 35.5. The number of esters is 1. The van der Waals surface area contributed by atoms with Crippen LogP contribution in [-0.2, 0) is 19.1 Å². The highest BCUT2D eigenvalue weighted by molar-refractivity contribution is 6.37. The van der Waals surface area contributed by atoms with Gasteiger partial charge >= 0.3 is 5.97 Å². The molecule has 128 valence electrons. The van der Waals surface area contributed by atoms with Crippen LogP contribution in [0, 0.1) is 0 Å². The molecule has 1 aromatic carbocycles. The zero-order valence-electron chi connectivity index (χ0n) is 12.8. The number of carbonyl (C=O) groups is 3. The van der Waals surface area contributed by atoms with E-state index in [1.165, 1.54) is 0 Å². The normalized spacial score (nSPS) is 15.1. The smallest absolute Gasteiger partial charge is 0.355 e. The second kappa shape index (κ2) is 8.12. The summed E-state index contributed by atoms with van der Waals surface area (Å²) in [5.74, 6) is -1.48. The summed E-state index contributed by atoms with van der Waals surface area (Å²) in [6, 6.07) is 4.57. The van der Waals surface area contributed by atoms with Gasteiger partial charge in [0.25, 0.3) is 5.91 Å². The number of carbonyl (C=O) groups excluding carboxylic acids is 3. The molecule has 0 fully saturated rings. The second-order valence-corrected chi connectivity index (χ2v) is 5.97. The molecule has 0 radical (unpaired) electrons. The molecule has 0 spiro atoms. The van der Waals surface area contributed by atoms with Crippen molar-refractivity contribution in [1.29, 1.82) is 0 Å². The van der Waals surface area contributed by atoms with Crippen LogP contribution in [0.25, 0.3) is 0 Å². The van der Waals surface area contributed by atoms with Crippen LogP contribution in [0.5, 0.6) is 0 Å². The highest BCUT2D eigenvalue weighted by Gasteiger charge is 2.21. The number of halogens is 2. The van der Waals surface area contributed by atoms with Crippen molar-refractivity contribution < 1.29 is 19.1 Å². The van der Waals surface area contributed by atoms with Crippen molar-refractivity contribution in [2.75, 3.05) is 6.61 Å². The molecule has 2 N–H and O–H groups in total. The fourth-order valence-corrected chi connectivity index (χ4v) is 2.62. The third-order valence-electron chi connectivity index (χ3n) is 3.28. The zero-order chi connectivity index (χ0) is 17.7. The van der Waals surface area contributed by atoms with Gasteiger partial charge in [0.05, 0.1) is 6.04 Å². The lowest BCUT2D eigenvalue weighted by molar-refractivity contribution is -0.142. The number of benzene rings is 1. The number of amides is 2. The monoisotopic (exact) mass is 371 g/mol. The summed E-state index contributed by atoms with van der Waals surface area (Å²) in [4.78, 5) is 34.6. The molecule has 1 heterocycles. The Kier molecular flexibility index (Phi) is 6.16. The Labute approximate surface area is 148 Å². The highest BCUT2D eigenvalue weighted by Crippen LogP contribution is 2.25. The lowest BCUT2D eigenvalue weighted by Crippen LogP contribution is -2.34. The van der Waals surface area contributed by atoms with E-state index >= 15 is 0 Å². The number of hydrogen-bond acceptors (Lipinski definition) is 5. The van der Waals surface area contributed by atoms with Gasteiger partial charge in [-0.15, -0.1) is 0 Å². The molecule has 24 heavy (non-hydrogen) atoms. The van der Waals surface area contributed by atoms with Crippen LogP contribution in [0.2, 0.25) is 10.0 Å². The first kappa shape index (κ1) is 18.2. The van der Waals surface area contributed by atoms with Crippen LogP contribution in [0.1, 0.15) is 31.4 Å². The van der Waals surface area contributed by atoms with Crippen LogP contribution in [0.3, 0.4) is 0 Å². The van der Waals surface area contributed by atoms with Gasteiger partial charge < -0.3 is 10.1 Å². The number of hydrazone groups is 1. The minimum atomic E-state index is -0.734. The third kappa shape index (κ3) is 4.94. The maximum Gasteiger partial charge on any atom is 0.355 e. The molecule has 1 atom stereocenters. The van der Waals surface area contributed by atoms with E-state index in [-0.39, 0.29) is 30.5 Å². The van der Waals surface area contributed by atoms with Gasteiger partial charge in [-0.25, -0.2) is 10.2 Å². The molecule has 2 rings (SSSR count). The molecule has 0 saturated heterocycles.